The van der Waals surface area contributed by atoms with Crippen LogP contribution in [0.1, 0.15) is 29.9 Å². The van der Waals surface area contributed by atoms with E-state index in [1.54, 1.807) is 24.0 Å². The first-order valence-electron chi connectivity index (χ1n) is 13.1. The highest BCUT2D eigenvalue weighted by Crippen LogP contribution is 2.31. The molecule has 9 nitrogen and oxygen atoms in total. The maximum absolute atomic E-state index is 13.6. The van der Waals surface area contributed by atoms with Gasteiger partial charge in [-0.25, -0.2) is 0 Å². The summed E-state index contributed by atoms with van der Waals surface area (Å²) in [7, 11) is 3.22. The van der Waals surface area contributed by atoms with Crippen molar-refractivity contribution in [2.75, 3.05) is 66.7 Å². The summed E-state index contributed by atoms with van der Waals surface area (Å²) in [6.07, 6.45) is 2.46. The Morgan fingerprint density at radius 1 is 1.00 bits per heavy atom. The van der Waals surface area contributed by atoms with Gasteiger partial charge in [0.05, 0.1) is 40.5 Å². The molecule has 0 N–H and O–H groups in total. The first-order chi connectivity index (χ1) is 18.0. The summed E-state index contributed by atoms with van der Waals surface area (Å²) in [5, 5.41) is 0. The maximum atomic E-state index is 13.6. The Kier molecular flexibility index (Phi) is 9.46. The van der Waals surface area contributed by atoms with Gasteiger partial charge in [0.15, 0.2) is 11.5 Å². The van der Waals surface area contributed by atoms with Gasteiger partial charge in [0, 0.05) is 38.6 Å². The fraction of sp³-hybridized carbons (Fsp3) is 0.571. The third kappa shape index (κ3) is 7.72. The van der Waals surface area contributed by atoms with Crippen molar-refractivity contribution in [3.05, 3.63) is 47.4 Å². The van der Waals surface area contributed by atoms with E-state index in [4.69, 9.17) is 18.6 Å². The van der Waals surface area contributed by atoms with Crippen molar-refractivity contribution in [2.24, 2.45) is 5.92 Å². The van der Waals surface area contributed by atoms with E-state index in [1.807, 2.05) is 37.3 Å². The van der Waals surface area contributed by atoms with Gasteiger partial charge in [-0.1, -0.05) is 6.07 Å². The largest absolute Gasteiger partial charge is 0.493 e. The first kappa shape index (κ1) is 27.0. The summed E-state index contributed by atoms with van der Waals surface area (Å²) >= 11 is 0. The van der Waals surface area contributed by atoms with Crippen molar-refractivity contribution in [2.45, 2.75) is 32.7 Å². The molecule has 2 aromatic rings. The SMILES string of the molecule is COc1ccc(CCN(Cc2ccc(C)o2)C(=O)CN(CCN2CCOCC2)C(=O)C2CC2)cc1OC. The fourth-order valence-corrected chi connectivity index (χ4v) is 4.56. The van der Waals surface area contributed by atoms with Crippen molar-refractivity contribution in [1.29, 1.82) is 0 Å². The molecular formula is C28H39N3O6. The zero-order chi connectivity index (χ0) is 26.2. The molecule has 1 saturated heterocycles. The van der Waals surface area contributed by atoms with Crippen LogP contribution in [0.2, 0.25) is 0 Å². The lowest BCUT2D eigenvalue weighted by Gasteiger charge is -2.31. The topological polar surface area (TPSA) is 84.7 Å². The van der Waals surface area contributed by atoms with Gasteiger partial charge in [-0.05, 0) is 56.0 Å². The van der Waals surface area contributed by atoms with Crippen LogP contribution in [0.3, 0.4) is 0 Å². The van der Waals surface area contributed by atoms with Crippen LogP contribution in [0.15, 0.2) is 34.7 Å². The molecule has 9 heteroatoms. The Balaban J connectivity index is 1.44. The van der Waals surface area contributed by atoms with Gasteiger partial charge in [-0.15, -0.1) is 0 Å². The maximum Gasteiger partial charge on any atom is 0.242 e. The molecule has 0 spiro atoms. The number of hydrogen-bond acceptors (Lipinski definition) is 7. The molecular weight excluding hydrogens is 474 g/mol. The number of ether oxygens (including phenoxy) is 3. The second-order valence-corrected chi connectivity index (χ2v) is 9.76. The Hall–Kier alpha value is -3.04. The van der Waals surface area contributed by atoms with Gasteiger partial charge in [0.1, 0.15) is 11.5 Å². The van der Waals surface area contributed by atoms with E-state index in [0.717, 1.165) is 49.6 Å². The molecule has 202 valence electrons. The fourth-order valence-electron chi connectivity index (χ4n) is 4.56. The van der Waals surface area contributed by atoms with E-state index in [9.17, 15) is 9.59 Å². The number of aryl methyl sites for hydroxylation is 1. The summed E-state index contributed by atoms with van der Waals surface area (Å²) in [5.74, 6) is 2.93. The molecule has 2 heterocycles. The predicted molar refractivity (Wildman–Crippen MR) is 139 cm³/mol. The van der Waals surface area contributed by atoms with E-state index in [0.29, 0.717) is 50.8 Å². The number of benzene rings is 1. The Morgan fingerprint density at radius 3 is 2.41 bits per heavy atom. The van der Waals surface area contributed by atoms with E-state index in [-0.39, 0.29) is 24.3 Å². The van der Waals surface area contributed by atoms with Crippen molar-refractivity contribution < 1.29 is 28.2 Å². The second kappa shape index (κ2) is 13.0. The van der Waals surface area contributed by atoms with Gasteiger partial charge in [-0.2, -0.15) is 0 Å². The molecule has 1 aromatic carbocycles. The smallest absolute Gasteiger partial charge is 0.242 e. The molecule has 2 fully saturated rings. The van der Waals surface area contributed by atoms with Gasteiger partial charge >= 0.3 is 0 Å². The first-order valence-corrected chi connectivity index (χ1v) is 13.1. The molecule has 0 unspecified atom stereocenters. The minimum absolute atomic E-state index is 0.0606. The monoisotopic (exact) mass is 513 g/mol. The average Bonchev–Trinajstić information content (AvgIpc) is 3.69. The molecule has 37 heavy (non-hydrogen) atoms. The molecule has 0 atom stereocenters. The van der Waals surface area contributed by atoms with E-state index in [1.165, 1.54) is 0 Å². The summed E-state index contributed by atoms with van der Waals surface area (Å²) in [4.78, 5) is 32.5. The van der Waals surface area contributed by atoms with E-state index < -0.39 is 0 Å². The normalized spacial score (nSPS) is 15.9. The molecule has 0 bridgehead atoms. The number of nitrogens with zero attached hydrogens (tertiary/aromatic N) is 3. The number of hydrogen-bond donors (Lipinski definition) is 0. The number of methoxy groups -OCH3 is 2. The molecule has 1 aromatic heterocycles. The highest BCUT2D eigenvalue weighted by molar-refractivity contribution is 5.87. The summed E-state index contributed by atoms with van der Waals surface area (Å²) in [5.41, 5.74) is 1.03. The second-order valence-electron chi connectivity index (χ2n) is 9.76. The Labute approximate surface area is 219 Å². The summed E-state index contributed by atoms with van der Waals surface area (Å²) in [6.45, 7) is 7.24. The zero-order valence-corrected chi connectivity index (χ0v) is 22.2. The van der Waals surface area contributed by atoms with Crippen LogP contribution in [-0.2, 0) is 27.3 Å². The number of rotatable bonds is 13. The molecule has 4 rings (SSSR count). The minimum Gasteiger partial charge on any atom is -0.493 e. The predicted octanol–water partition coefficient (Wildman–Crippen LogP) is 2.75. The molecule has 1 aliphatic heterocycles. The molecule has 0 radical (unpaired) electrons. The Bertz CT molecular complexity index is 1040. The quantitative estimate of drug-likeness (QED) is 0.407. The van der Waals surface area contributed by atoms with Crippen molar-refractivity contribution in [3.63, 3.8) is 0 Å². The highest BCUT2D eigenvalue weighted by atomic mass is 16.5. The summed E-state index contributed by atoms with van der Waals surface area (Å²) in [6, 6.07) is 9.59. The van der Waals surface area contributed by atoms with Crippen molar-refractivity contribution in [3.8, 4) is 11.5 Å². The van der Waals surface area contributed by atoms with Gasteiger partial charge < -0.3 is 28.4 Å². The highest BCUT2D eigenvalue weighted by Gasteiger charge is 2.35. The van der Waals surface area contributed by atoms with Gasteiger partial charge in [-0.3, -0.25) is 14.5 Å². The van der Waals surface area contributed by atoms with Gasteiger partial charge in [0.2, 0.25) is 11.8 Å². The minimum atomic E-state index is -0.0782. The van der Waals surface area contributed by atoms with Crippen LogP contribution in [0.4, 0.5) is 0 Å². The van der Waals surface area contributed by atoms with Crippen LogP contribution >= 0.6 is 0 Å². The van der Waals surface area contributed by atoms with Crippen molar-refractivity contribution >= 4 is 11.8 Å². The molecule has 2 amide bonds. The third-order valence-corrected chi connectivity index (χ3v) is 6.97. The van der Waals surface area contributed by atoms with Crippen LogP contribution < -0.4 is 9.47 Å². The average molecular weight is 514 g/mol. The van der Waals surface area contributed by atoms with Gasteiger partial charge in [0.25, 0.3) is 0 Å². The molecule has 1 saturated carbocycles. The van der Waals surface area contributed by atoms with Crippen LogP contribution in [0.25, 0.3) is 0 Å². The van der Waals surface area contributed by atoms with E-state index >= 15 is 0 Å². The third-order valence-electron chi connectivity index (χ3n) is 6.97. The molecule has 2 aliphatic rings. The van der Waals surface area contributed by atoms with Crippen molar-refractivity contribution in [1.82, 2.24) is 14.7 Å². The van der Waals surface area contributed by atoms with Crippen LogP contribution in [-0.4, -0.2) is 93.2 Å². The number of morpholine rings is 1. The lowest BCUT2D eigenvalue weighted by molar-refractivity contribution is -0.142. The summed E-state index contributed by atoms with van der Waals surface area (Å²) < 4.78 is 22.0. The van der Waals surface area contributed by atoms with E-state index in [2.05, 4.69) is 4.90 Å². The zero-order valence-electron chi connectivity index (χ0n) is 22.2. The lowest BCUT2D eigenvalue weighted by Crippen LogP contribution is -2.47. The van der Waals surface area contributed by atoms with Crippen LogP contribution in [0, 0.1) is 12.8 Å². The number of amides is 2. The Morgan fingerprint density at radius 2 is 1.76 bits per heavy atom. The standard InChI is InChI=1S/C28H39N3O6/c1-21-4-8-24(37-21)19-30(11-10-22-5-9-25(34-2)26(18-22)35-3)27(32)20-31(28(33)23-6-7-23)13-12-29-14-16-36-17-15-29/h4-5,8-9,18,23H,6-7,10-17,19-20H2,1-3H3. The number of carbonyl (C=O) groups excluding carboxylic acids is 2. The number of carbonyl (C=O) groups is 2. The van der Waals surface area contributed by atoms with Crippen LogP contribution in [0.5, 0.6) is 11.5 Å². The molecule has 1 aliphatic carbocycles. The lowest BCUT2D eigenvalue weighted by atomic mass is 10.1. The number of furan rings is 1.